The van der Waals surface area contributed by atoms with E-state index in [1.807, 2.05) is 57.4 Å². The van der Waals surface area contributed by atoms with Crippen molar-refractivity contribution in [2.45, 2.75) is 45.8 Å². The molecule has 1 aromatic carbocycles. The van der Waals surface area contributed by atoms with Crippen LogP contribution in [0.15, 0.2) is 29.7 Å². The van der Waals surface area contributed by atoms with E-state index in [0.29, 0.717) is 11.5 Å². The highest BCUT2D eigenvalue weighted by Gasteiger charge is 2.52. The third-order valence-corrected chi connectivity index (χ3v) is 5.66. The zero-order valence-corrected chi connectivity index (χ0v) is 17.7. The predicted octanol–water partition coefficient (Wildman–Crippen LogP) is 2.35. The van der Waals surface area contributed by atoms with E-state index in [1.54, 1.807) is 6.07 Å². The summed E-state index contributed by atoms with van der Waals surface area (Å²) in [6, 6.07) is 7.29. The summed E-state index contributed by atoms with van der Waals surface area (Å²) in [7, 11) is -0.586. The lowest BCUT2D eigenvalue weighted by Crippen LogP contribution is -2.41. The van der Waals surface area contributed by atoms with Crippen molar-refractivity contribution in [3.8, 4) is 5.75 Å². The average Bonchev–Trinajstić information content (AvgIpc) is 2.84. The molecule has 1 heterocycles. The number of hydrazine groups is 1. The van der Waals surface area contributed by atoms with Gasteiger partial charge in [-0.3, -0.25) is 15.0 Å². The van der Waals surface area contributed by atoms with Gasteiger partial charge in [-0.25, -0.2) is 5.84 Å². The molecule has 0 radical (unpaired) electrons. The monoisotopic (exact) mass is 406 g/mol. The summed E-state index contributed by atoms with van der Waals surface area (Å²) in [5.41, 5.74) is 2.60. The minimum Gasteiger partial charge on any atom is -0.483 e. The Bertz CT molecular complexity index is 750. The molecule has 0 aromatic heterocycles. The SMILES string of the molecule is CC(=O)SCC(=Cc1ccccc1OCC(=O)NN)B1OC(C)(C)C(C)(C)O1. The molecule has 1 aliphatic heterocycles. The Morgan fingerprint density at radius 3 is 2.39 bits per heavy atom. The molecule has 1 saturated heterocycles. The zero-order chi connectivity index (χ0) is 20.9. The van der Waals surface area contributed by atoms with Crippen molar-refractivity contribution in [3.05, 3.63) is 35.3 Å². The van der Waals surface area contributed by atoms with Gasteiger partial charge in [0.25, 0.3) is 5.91 Å². The molecule has 1 amide bonds. The van der Waals surface area contributed by atoms with E-state index in [0.717, 1.165) is 11.0 Å². The summed E-state index contributed by atoms with van der Waals surface area (Å²) in [5.74, 6) is 5.61. The van der Waals surface area contributed by atoms with Crippen LogP contribution in [0, 0.1) is 0 Å². The number of nitrogens with two attached hydrogens (primary N) is 1. The van der Waals surface area contributed by atoms with Gasteiger partial charge in [0.1, 0.15) is 5.75 Å². The second-order valence-electron chi connectivity index (χ2n) is 7.48. The van der Waals surface area contributed by atoms with Crippen LogP contribution in [0.3, 0.4) is 0 Å². The molecular formula is C19H27BN2O5S. The molecule has 0 saturated carbocycles. The number of benzene rings is 1. The van der Waals surface area contributed by atoms with Crippen LogP contribution in [0.1, 0.15) is 40.2 Å². The highest BCUT2D eigenvalue weighted by molar-refractivity contribution is 8.13. The lowest BCUT2D eigenvalue weighted by Gasteiger charge is -2.32. The van der Waals surface area contributed by atoms with Crippen molar-refractivity contribution in [3.63, 3.8) is 0 Å². The first-order valence-corrected chi connectivity index (χ1v) is 9.95. The van der Waals surface area contributed by atoms with E-state index in [-0.39, 0.29) is 11.7 Å². The molecule has 0 aliphatic carbocycles. The molecule has 28 heavy (non-hydrogen) atoms. The summed E-state index contributed by atoms with van der Waals surface area (Å²) < 4.78 is 17.9. The van der Waals surface area contributed by atoms with Gasteiger partial charge >= 0.3 is 7.12 Å². The van der Waals surface area contributed by atoms with Gasteiger partial charge in [0, 0.05) is 18.2 Å². The minimum atomic E-state index is -0.586. The fraction of sp³-hybridized carbons (Fsp3) is 0.474. The summed E-state index contributed by atoms with van der Waals surface area (Å²) in [4.78, 5) is 22.9. The van der Waals surface area contributed by atoms with Crippen LogP contribution in [0.5, 0.6) is 5.75 Å². The van der Waals surface area contributed by atoms with Crippen LogP contribution < -0.4 is 16.0 Å². The van der Waals surface area contributed by atoms with Gasteiger partial charge in [-0.1, -0.05) is 36.0 Å². The number of hydrogen-bond donors (Lipinski definition) is 2. The van der Waals surface area contributed by atoms with E-state index in [1.165, 1.54) is 18.7 Å². The van der Waals surface area contributed by atoms with E-state index in [4.69, 9.17) is 19.9 Å². The lowest BCUT2D eigenvalue weighted by molar-refractivity contribution is -0.123. The van der Waals surface area contributed by atoms with Gasteiger partial charge in [0.15, 0.2) is 11.7 Å². The first-order valence-electron chi connectivity index (χ1n) is 8.96. The smallest absolute Gasteiger partial charge is 0.483 e. The van der Waals surface area contributed by atoms with Gasteiger partial charge < -0.3 is 14.0 Å². The van der Waals surface area contributed by atoms with Crippen LogP contribution in [0.2, 0.25) is 0 Å². The molecular weight excluding hydrogens is 379 g/mol. The van der Waals surface area contributed by atoms with Crippen molar-refractivity contribution in [2.75, 3.05) is 12.4 Å². The molecule has 1 aliphatic rings. The van der Waals surface area contributed by atoms with Crippen molar-refractivity contribution in [1.82, 2.24) is 5.43 Å². The van der Waals surface area contributed by atoms with Crippen LogP contribution in [0.25, 0.3) is 6.08 Å². The quantitative estimate of drug-likeness (QED) is 0.310. The van der Waals surface area contributed by atoms with Crippen LogP contribution in [-0.2, 0) is 18.9 Å². The fourth-order valence-electron chi connectivity index (χ4n) is 2.47. The number of nitrogens with one attached hydrogen (secondary N) is 1. The molecule has 9 heteroatoms. The first kappa shape index (κ1) is 22.5. The Morgan fingerprint density at radius 1 is 1.21 bits per heavy atom. The minimum absolute atomic E-state index is 0.00608. The Kier molecular flexibility index (Phi) is 7.33. The Balaban J connectivity index is 2.33. The van der Waals surface area contributed by atoms with Crippen molar-refractivity contribution < 1.29 is 23.6 Å². The third-order valence-electron chi connectivity index (χ3n) is 4.78. The number of para-hydroxylation sites is 1. The largest absolute Gasteiger partial charge is 0.491 e. The van der Waals surface area contributed by atoms with Gasteiger partial charge in [-0.05, 0) is 39.2 Å². The molecule has 0 spiro atoms. The molecule has 2 rings (SSSR count). The second-order valence-corrected chi connectivity index (χ2v) is 8.63. The Morgan fingerprint density at radius 2 is 1.82 bits per heavy atom. The van der Waals surface area contributed by atoms with E-state index in [9.17, 15) is 9.59 Å². The molecule has 3 N–H and O–H groups in total. The number of rotatable bonds is 7. The van der Waals surface area contributed by atoms with E-state index in [2.05, 4.69) is 0 Å². The van der Waals surface area contributed by atoms with Gasteiger partial charge in [-0.2, -0.15) is 0 Å². The molecule has 0 unspecified atom stereocenters. The first-order chi connectivity index (χ1) is 13.1. The van der Waals surface area contributed by atoms with Crippen molar-refractivity contribution >= 4 is 36.0 Å². The summed E-state index contributed by atoms with van der Waals surface area (Å²) in [6.07, 6.45) is 1.88. The summed E-state index contributed by atoms with van der Waals surface area (Å²) in [5, 5.41) is 0.00608. The zero-order valence-electron chi connectivity index (χ0n) is 16.9. The Hall–Kier alpha value is -1.81. The highest BCUT2D eigenvalue weighted by Crippen LogP contribution is 2.39. The van der Waals surface area contributed by atoms with Crippen LogP contribution in [-0.4, -0.2) is 41.7 Å². The summed E-state index contributed by atoms with van der Waals surface area (Å²) >= 11 is 1.18. The lowest BCUT2D eigenvalue weighted by atomic mass is 9.78. The normalized spacial score (nSPS) is 18.1. The summed E-state index contributed by atoms with van der Waals surface area (Å²) in [6.45, 7) is 9.23. The standard InChI is InChI=1S/C19H27BN2O5S/c1-13(23)28-12-15(20-26-18(2,3)19(4,5)27-20)10-14-8-6-7-9-16(14)25-11-17(24)22-21/h6-10H,11-12,21H2,1-5H3,(H,22,24). The van der Waals surface area contributed by atoms with Crippen LogP contribution >= 0.6 is 11.8 Å². The topological polar surface area (TPSA) is 99.9 Å². The molecule has 1 aromatic rings. The maximum Gasteiger partial charge on any atom is 0.491 e. The molecule has 1 fully saturated rings. The molecule has 0 atom stereocenters. The molecule has 7 nitrogen and oxygen atoms in total. The average molecular weight is 406 g/mol. The Labute approximate surface area is 170 Å². The third kappa shape index (κ3) is 5.60. The van der Waals surface area contributed by atoms with Gasteiger partial charge in [0.2, 0.25) is 0 Å². The van der Waals surface area contributed by atoms with Gasteiger partial charge in [0.05, 0.1) is 11.2 Å². The number of carbonyl (C=O) groups is 2. The number of thioether (sulfide) groups is 1. The van der Waals surface area contributed by atoms with E-state index < -0.39 is 24.2 Å². The number of ether oxygens (including phenoxy) is 1. The maximum atomic E-state index is 11.5. The van der Waals surface area contributed by atoms with Crippen molar-refractivity contribution in [2.24, 2.45) is 5.84 Å². The van der Waals surface area contributed by atoms with Crippen LogP contribution in [0.4, 0.5) is 0 Å². The van der Waals surface area contributed by atoms with Crippen molar-refractivity contribution in [1.29, 1.82) is 0 Å². The molecule has 152 valence electrons. The maximum absolute atomic E-state index is 11.5. The predicted molar refractivity (Wildman–Crippen MR) is 111 cm³/mol. The fourth-order valence-corrected chi connectivity index (χ4v) is 3.06. The molecule has 0 bridgehead atoms. The van der Waals surface area contributed by atoms with Gasteiger partial charge in [-0.15, -0.1) is 0 Å². The second kappa shape index (κ2) is 9.13. The highest BCUT2D eigenvalue weighted by atomic mass is 32.2. The number of hydrogen-bond acceptors (Lipinski definition) is 7. The number of amides is 1. The number of carbonyl (C=O) groups excluding carboxylic acids is 2. The van der Waals surface area contributed by atoms with E-state index >= 15 is 0 Å².